The van der Waals surface area contributed by atoms with E-state index in [0.717, 1.165) is 35.0 Å². The Morgan fingerprint density at radius 3 is 3.29 bits per heavy atom. The first-order valence-corrected chi connectivity index (χ1v) is 7.87. The molecule has 0 aliphatic heterocycles. The summed E-state index contributed by atoms with van der Waals surface area (Å²) in [5, 5.41) is 3.97. The van der Waals surface area contributed by atoms with Crippen molar-refractivity contribution in [2.75, 3.05) is 13.2 Å². The van der Waals surface area contributed by atoms with E-state index in [1.165, 1.54) is 11.2 Å². The van der Waals surface area contributed by atoms with Crippen LogP contribution in [-0.2, 0) is 22.4 Å². The minimum Gasteiger partial charge on any atom is -0.465 e. The van der Waals surface area contributed by atoms with Gasteiger partial charge < -0.3 is 15.0 Å². The van der Waals surface area contributed by atoms with Gasteiger partial charge in [-0.05, 0) is 31.7 Å². The van der Waals surface area contributed by atoms with Crippen molar-refractivity contribution in [1.82, 2.24) is 15.3 Å². The minimum atomic E-state index is -0.224. The smallest absolute Gasteiger partial charge is 0.319 e. The van der Waals surface area contributed by atoms with E-state index in [4.69, 9.17) is 4.74 Å². The van der Waals surface area contributed by atoms with Crippen molar-refractivity contribution in [3.8, 4) is 0 Å². The number of aromatic nitrogens is 2. The normalized spacial score (nSPS) is 17.7. The van der Waals surface area contributed by atoms with E-state index in [1.807, 2.05) is 0 Å². The fraction of sp³-hybridized carbons (Fsp3) is 0.500. The van der Waals surface area contributed by atoms with E-state index < -0.39 is 0 Å². The summed E-state index contributed by atoms with van der Waals surface area (Å²) >= 11 is 1.57. The lowest BCUT2D eigenvalue weighted by atomic mass is 9.93. The maximum absolute atomic E-state index is 11.9. The Kier molecular flexibility index (Phi) is 4.03. The quantitative estimate of drug-likeness (QED) is 0.823. The Balaban J connectivity index is 1.74. The summed E-state index contributed by atoms with van der Waals surface area (Å²) < 4.78 is 4.91. The van der Waals surface area contributed by atoms with Crippen LogP contribution in [0, 0.1) is 0 Å². The van der Waals surface area contributed by atoms with Gasteiger partial charge >= 0.3 is 5.97 Å². The number of esters is 1. The molecule has 7 heteroatoms. The van der Waals surface area contributed by atoms with Gasteiger partial charge in [0.1, 0.15) is 4.83 Å². The summed E-state index contributed by atoms with van der Waals surface area (Å²) in [6.45, 7) is 2.43. The van der Waals surface area contributed by atoms with E-state index in [-0.39, 0.29) is 24.1 Å². The summed E-state index contributed by atoms with van der Waals surface area (Å²) in [5.41, 5.74) is 1.06. The molecule has 0 radical (unpaired) electrons. The number of carbonyl (C=O) groups is 1. The molecule has 3 rings (SSSR count). The SMILES string of the molecule is CCOC(=O)CNC1CCc2c(sc3nc[nH]c(=O)c23)C1. The van der Waals surface area contributed by atoms with Crippen LogP contribution < -0.4 is 10.9 Å². The standard InChI is InChI=1S/C14H17N3O3S/c1-2-20-11(18)6-15-8-3-4-9-10(5-8)21-14-12(9)13(19)16-7-17-14/h7-8,15H,2-6H2,1H3,(H,16,17,19). The second-order valence-electron chi connectivity index (χ2n) is 5.04. The summed E-state index contributed by atoms with van der Waals surface area (Å²) in [7, 11) is 0. The molecule has 0 spiro atoms. The molecule has 0 saturated heterocycles. The number of rotatable bonds is 4. The molecule has 0 fully saturated rings. The average molecular weight is 307 g/mol. The van der Waals surface area contributed by atoms with Crippen LogP contribution in [0.1, 0.15) is 23.8 Å². The van der Waals surface area contributed by atoms with Crippen LogP contribution in [0.25, 0.3) is 10.2 Å². The van der Waals surface area contributed by atoms with Gasteiger partial charge in [-0.2, -0.15) is 0 Å². The van der Waals surface area contributed by atoms with Crippen molar-refractivity contribution in [3.63, 3.8) is 0 Å². The number of thiophene rings is 1. The highest BCUT2D eigenvalue weighted by Crippen LogP contribution is 2.33. The first-order valence-electron chi connectivity index (χ1n) is 7.06. The molecule has 2 N–H and O–H groups in total. The largest absolute Gasteiger partial charge is 0.465 e. The molecule has 6 nitrogen and oxygen atoms in total. The molecule has 0 aromatic carbocycles. The van der Waals surface area contributed by atoms with Crippen LogP contribution in [0.3, 0.4) is 0 Å². The van der Waals surface area contributed by atoms with Gasteiger partial charge in [-0.25, -0.2) is 4.98 Å². The van der Waals surface area contributed by atoms with Gasteiger partial charge in [0.2, 0.25) is 0 Å². The van der Waals surface area contributed by atoms with Crippen molar-refractivity contribution in [1.29, 1.82) is 0 Å². The molecule has 1 unspecified atom stereocenters. The Labute approximate surface area is 125 Å². The maximum Gasteiger partial charge on any atom is 0.319 e. The van der Waals surface area contributed by atoms with E-state index in [9.17, 15) is 9.59 Å². The Hall–Kier alpha value is -1.73. The zero-order chi connectivity index (χ0) is 14.8. The van der Waals surface area contributed by atoms with Gasteiger partial charge in [-0.3, -0.25) is 9.59 Å². The number of aromatic amines is 1. The second-order valence-corrected chi connectivity index (χ2v) is 6.12. The van der Waals surface area contributed by atoms with Gasteiger partial charge in [-0.1, -0.05) is 0 Å². The summed E-state index contributed by atoms with van der Waals surface area (Å²) in [4.78, 5) is 32.2. The fourth-order valence-corrected chi connectivity index (χ4v) is 4.00. The molecule has 112 valence electrons. The molecular formula is C14H17N3O3S. The van der Waals surface area contributed by atoms with Crippen molar-refractivity contribution >= 4 is 27.5 Å². The number of fused-ring (bicyclic) bond motifs is 3. The van der Waals surface area contributed by atoms with Crippen LogP contribution in [0.2, 0.25) is 0 Å². The van der Waals surface area contributed by atoms with Gasteiger partial charge in [-0.15, -0.1) is 11.3 Å². The third-order valence-corrected chi connectivity index (χ3v) is 4.85. The molecule has 1 atom stereocenters. The number of nitrogens with zero attached hydrogens (tertiary/aromatic N) is 1. The predicted molar refractivity (Wildman–Crippen MR) is 80.7 cm³/mol. The lowest BCUT2D eigenvalue weighted by molar-refractivity contribution is -0.142. The lowest BCUT2D eigenvalue weighted by Gasteiger charge is -2.22. The number of H-pyrrole nitrogens is 1. The minimum absolute atomic E-state index is 0.0598. The van der Waals surface area contributed by atoms with Crippen molar-refractivity contribution in [3.05, 3.63) is 27.1 Å². The second kappa shape index (κ2) is 5.95. The number of nitrogens with one attached hydrogen (secondary N) is 2. The lowest BCUT2D eigenvalue weighted by Crippen LogP contribution is -2.38. The molecule has 2 heterocycles. The molecular weight excluding hydrogens is 290 g/mol. The topological polar surface area (TPSA) is 84.1 Å². The number of aryl methyl sites for hydroxylation is 1. The van der Waals surface area contributed by atoms with Crippen LogP contribution in [0.15, 0.2) is 11.1 Å². The summed E-state index contributed by atoms with van der Waals surface area (Å²) in [6, 6.07) is 0.244. The van der Waals surface area contributed by atoms with Crippen LogP contribution in [-0.4, -0.2) is 35.1 Å². The molecule has 0 bridgehead atoms. The number of hydrogen-bond donors (Lipinski definition) is 2. The number of ether oxygens (including phenoxy) is 1. The van der Waals surface area contributed by atoms with E-state index in [0.29, 0.717) is 6.61 Å². The summed E-state index contributed by atoms with van der Waals surface area (Å²) in [5.74, 6) is -0.224. The van der Waals surface area contributed by atoms with Crippen LogP contribution in [0.4, 0.5) is 0 Å². The Morgan fingerprint density at radius 1 is 1.62 bits per heavy atom. The first kappa shape index (κ1) is 14.2. The maximum atomic E-state index is 11.9. The average Bonchev–Trinajstić information content (AvgIpc) is 2.84. The van der Waals surface area contributed by atoms with Gasteiger partial charge in [0, 0.05) is 10.9 Å². The molecule has 0 saturated carbocycles. The third kappa shape index (κ3) is 2.84. The highest BCUT2D eigenvalue weighted by molar-refractivity contribution is 7.18. The monoisotopic (exact) mass is 307 g/mol. The molecule has 2 aromatic heterocycles. The van der Waals surface area contributed by atoms with Gasteiger partial charge in [0.15, 0.2) is 0 Å². The van der Waals surface area contributed by atoms with E-state index >= 15 is 0 Å². The highest BCUT2D eigenvalue weighted by atomic mass is 32.1. The Morgan fingerprint density at radius 2 is 2.48 bits per heavy atom. The summed E-state index contributed by atoms with van der Waals surface area (Å²) in [6.07, 6.45) is 4.02. The molecule has 0 amide bonds. The predicted octanol–water partition coefficient (Wildman–Crippen LogP) is 0.995. The van der Waals surface area contributed by atoms with Gasteiger partial charge in [0.25, 0.3) is 5.56 Å². The van der Waals surface area contributed by atoms with Crippen molar-refractivity contribution < 1.29 is 9.53 Å². The van der Waals surface area contributed by atoms with Crippen LogP contribution >= 0.6 is 11.3 Å². The van der Waals surface area contributed by atoms with Crippen molar-refractivity contribution in [2.24, 2.45) is 0 Å². The number of hydrogen-bond acceptors (Lipinski definition) is 6. The highest BCUT2D eigenvalue weighted by Gasteiger charge is 2.24. The third-order valence-electron chi connectivity index (χ3n) is 3.69. The molecule has 21 heavy (non-hydrogen) atoms. The molecule has 1 aliphatic carbocycles. The van der Waals surface area contributed by atoms with Crippen LogP contribution in [0.5, 0.6) is 0 Å². The van der Waals surface area contributed by atoms with Gasteiger partial charge in [0.05, 0.1) is 24.9 Å². The fourth-order valence-electron chi connectivity index (χ4n) is 2.73. The zero-order valence-electron chi connectivity index (χ0n) is 11.8. The van der Waals surface area contributed by atoms with E-state index in [1.54, 1.807) is 18.3 Å². The Bertz CT molecular complexity index is 722. The molecule has 1 aliphatic rings. The molecule has 2 aromatic rings. The van der Waals surface area contributed by atoms with E-state index in [2.05, 4.69) is 15.3 Å². The number of carbonyl (C=O) groups excluding carboxylic acids is 1. The van der Waals surface area contributed by atoms with Crippen molar-refractivity contribution in [2.45, 2.75) is 32.2 Å². The first-order chi connectivity index (χ1) is 10.2. The zero-order valence-corrected chi connectivity index (χ0v) is 12.6.